The predicted molar refractivity (Wildman–Crippen MR) is 97.0 cm³/mol. The van der Waals surface area contributed by atoms with Gasteiger partial charge in [0.15, 0.2) is 0 Å². The van der Waals surface area contributed by atoms with Gasteiger partial charge in [-0.25, -0.2) is 0 Å². The van der Waals surface area contributed by atoms with Crippen LogP contribution in [0.5, 0.6) is 0 Å². The van der Waals surface area contributed by atoms with Crippen molar-refractivity contribution in [1.29, 1.82) is 0 Å². The lowest BCUT2D eigenvalue weighted by Crippen LogP contribution is -2.34. The third-order valence-corrected chi connectivity index (χ3v) is 6.34. The second-order valence-electron chi connectivity index (χ2n) is 5.75. The Morgan fingerprint density at radius 1 is 1.19 bits per heavy atom. The summed E-state index contributed by atoms with van der Waals surface area (Å²) in [5, 5.41) is 6.01. The molecule has 1 aromatic rings. The van der Waals surface area contributed by atoms with Crippen molar-refractivity contribution in [1.82, 2.24) is 5.32 Å². The SMILES string of the molecule is CCNC(CSC1CCCCC1)Cc1c(Cl)cccc1Cl. The predicted octanol–water partition coefficient (Wildman–Crippen LogP) is 5.58. The molecule has 0 bridgehead atoms. The molecule has 0 amide bonds. The first-order valence-electron chi connectivity index (χ1n) is 7.98. The number of nitrogens with one attached hydrogen (secondary N) is 1. The molecule has 118 valence electrons. The van der Waals surface area contributed by atoms with Gasteiger partial charge >= 0.3 is 0 Å². The molecular formula is C17H25Cl2NS. The summed E-state index contributed by atoms with van der Waals surface area (Å²) in [6.07, 6.45) is 7.90. The van der Waals surface area contributed by atoms with Crippen molar-refractivity contribution in [3.63, 3.8) is 0 Å². The fraction of sp³-hybridized carbons (Fsp3) is 0.647. The lowest BCUT2D eigenvalue weighted by atomic mass is 10.0. The van der Waals surface area contributed by atoms with E-state index in [2.05, 4.69) is 24.0 Å². The fourth-order valence-corrected chi connectivity index (χ4v) is 4.90. The first-order valence-corrected chi connectivity index (χ1v) is 9.79. The van der Waals surface area contributed by atoms with Gasteiger partial charge in [-0.3, -0.25) is 0 Å². The van der Waals surface area contributed by atoms with Crippen molar-refractivity contribution in [2.75, 3.05) is 12.3 Å². The van der Waals surface area contributed by atoms with Gasteiger partial charge in [0.05, 0.1) is 0 Å². The highest BCUT2D eigenvalue weighted by Gasteiger charge is 2.18. The van der Waals surface area contributed by atoms with Gasteiger partial charge in [0.1, 0.15) is 0 Å². The van der Waals surface area contributed by atoms with Gasteiger partial charge in [0.2, 0.25) is 0 Å². The Kier molecular flexibility index (Phi) is 7.73. The van der Waals surface area contributed by atoms with Gasteiger partial charge < -0.3 is 5.32 Å². The highest BCUT2D eigenvalue weighted by molar-refractivity contribution is 7.99. The molecule has 0 aromatic heterocycles. The summed E-state index contributed by atoms with van der Waals surface area (Å²) in [5.74, 6) is 1.14. The monoisotopic (exact) mass is 345 g/mol. The van der Waals surface area contributed by atoms with Gasteiger partial charge in [-0.05, 0) is 43.5 Å². The van der Waals surface area contributed by atoms with Gasteiger partial charge in [-0.15, -0.1) is 0 Å². The Morgan fingerprint density at radius 2 is 1.86 bits per heavy atom. The molecule has 2 rings (SSSR count). The molecule has 0 radical (unpaired) electrons. The summed E-state index contributed by atoms with van der Waals surface area (Å²) in [6.45, 7) is 3.14. The van der Waals surface area contributed by atoms with Crippen LogP contribution in [0.25, 0.3) is 0 Å². The molecule has 1 aromatic carbocycles. The van der Waals surface area contributed by atoms with E-state index in [1.807, 2.05) is 18.2 Å². The summed E-state index contributed by atoms with van der Waals surface area (Å²) < 4.78 is 0. The molecule has 1 saturated carbocycles. The van der Waals surface area contributed by atoms with Crippen molar-refractivity contribution < 1.29 is 0 Å². The Labute approximate surface area is 143 Å². The zero-order valence-electron chi connectivity index (χ0n) is 12.7. The van der Waals surface area contributed by atoms with Crippen molar-refractivity contribution in [3.8, 4) is 0 Å². The number of likely N-dealkylation sites (N-methyl/N-ethyl adjacent to an activating group) is 1. The summed E-state index contributed by atoms with van der Waals surface area (Å²) in [7, 11) is 0. The zero-order chi connectivity index (χ0) is 15.1. The van der Waals surface area contributed by atoms with E-state index in [0.29, 0.717) is 6.04 Å². The van der Waals surface area contributed by atoms with Crippen LogP contribution in [0.1, 0.15) is 44.6 Å². The second kappa shape index (κ2) is 9.29. The minimum Gasteiger partial charge on any atom is -0.313 e. The number of benzene rings is 1. The van der Waals surface area contributed by atoms with E-state index in [0.717, 1.165) is 39.6 Å². The van der Waals surface area contributed by atoms with Crippen LogP contribution < -0.4 is 5.32 Å². The van der Waals surface area contributed by atoms with Gasteiger partial charge in [0.25, 0.3) is 0 Å². The maximum absolute atomic E-state index is 6.30. The summed E-state index contributed by atoms with van der Waals surface area (Å²) >= 11 is 14.7. The first kappa shape index (κ1) is 17.5. The van der Waals surface area contributed by atoms with E-state index in [4.69, 9.17) is 23.2 Å². The topological polar surface area (TPSA) is 12.0 Å². The molecule has 4 heteroatoms. The second-order valence-corrected chi connectivity index (χ2v) is 7.90. The fourth-order valence-electron chi connectivity index (χ4n) is 2.94. The van der Waals surface area contributed by atoms with E-state index in [1.165, 1.54) is 32.1 Å². The Bertz CT molecular complexity index is 413. The molecule has 21 heavy (non-hydrogen) atoms. The van der Waals surface area contributed by atoms with Gasteiger partial charge in [0, 0.05) is 27.1 Å². The van der Waals surface area contributed by atoms with Crippen LogP contribution in [0.3, 0.4) is 0 Å². The molecule has 1 aliphatic carbocycles. The van der Waals surface area contributed by atoms with E-state index in [1.54, 1.807) is 0 Å². The highest BCUT2D eigenvalue weighted by atomic mass is 35.5. The third kappa shape index (κ3) is 5.67. The molecule has 1 unspecified atom stereocenters. The average molecular weight is 346 g/mol. The summed E-state index contributed by atoms with van der Waals surface area (Å²) in [5.41, 5.74) is 1.08. The zero-order valence-corrected chi connectivity index (χ0v) is 15.0. The first-order chi connectivity index (χ1) is 10.2. The molecule has 0 saturated heterocycles. The summed E-state index contributed by atoms with van der Waals surface area (Å²) in [6, 6.07) is 6.21. The van der Waals surface area contributed by atoms with E-state index < -0.39 is 0 Å². The Balaban J connectivity index is 1.91. The molecular weight excluding hydrogens is 321 g/mol. The number of rotatable bonds is 7. The van der Waals surface area contributed by atoms with E-state index in [-0.39, 0.29) is 0 Å². The maximum atomic E-state index is 6.30. The van der Waals surface area contributed by atoms with Crippen molar-refractivity contribution in [2.24, 2.45) is 0 Å². The number of hydrogen-bond acceptors (Lipinski definition) is 2. The van der Waals surface area contributed by atoms with Crippen molar-refractivity contribution in [2.45, 2.75) is 56.7 Å². The van der Waals surface area contributed by atoms with Crippen LogP contribution in [0.4, 0.5) is 0 Å². The minimum absolute atomic E-state index is 0.444. The third-order valence-electron chi connectivity index (χ3n) is 4.09. The largest absolute Gasteiger partial charge is 0.313 e. The molecule has 0 aliphatic heterocycles. The molecule has 1 nitrogen and oxygen atoms in total. The van der Waals surface area contributed by atoms with Gasteiger partial charge in [-0.2, -0.15) is 11.8 Å². The lowest BCUT2D eigenvalue weighted by molar-refractivity contribution is 0.513. The van der Waals surface area contributed by atoms with Gasteiger partial charge in [-0.1, -0.05) is 55.5 Å². The van der Waals surface area contributed by atoms with Crippen LogP contribution in [-0.4, -0.2) is 23.6 Å². The van der Waals surface area contributed by atoms with Crippen LogP contribution in [-0.2, 0) is 6.42 Å². The molecule has 0 spiro atoms. The van der Waals surface area contributed by atoms with Crippen LogP contribution in [0.2, 0.25) is 10.0 Å². The standard InChI is InChI=1S/C17H25Cl2NS/c1-2-20-13(12-21-14-7-4-3-5-8-14)11-15-16(18)9-6-10-17(15)19/h6,9-10,13-14,20H,2-5,7-8,11-12H2,1H3. The van der Waals surface area contributed by atoms with Crippen molar-refractivity contribution >= 4 is 35.0 Å². The lowest BCUT2D eigenvalue weighted by Gasteiger charge is -2.25. The molecule has 1 fully saturated rings. The number of hydrogen-bond donors (Lipinski definition) is 1. The molecule has 1 atom stereocenters. The Hall–Kier alpha value is 0.110. The van der Waals surface area contributed by atoms with E-state index >= 15 is 0 Å². The summed E-state index contributed by atoms with van der Waals surface area (Å²) in [4.78, 5) is 0. The van der Waals surface area contributed by atoms with Crippen LogP contribution in [0.15, 0.2) is 18.2 Å². The van der Waals surface area contributed by atoms with Crippen LogP contribution in [0, 0.1) is 0 Å². The maximum Gasteiger partial charge on any atom is 0.0453 e. The Morgan fingerprint density at radius 3 is 2.48 bits per heavy atom. The molecule has 1 N–H and O–H groups in total. The smallest absolute Gasteiger partial charge is 0.0453 e. The quantitative estimate of drug-likeness (QED) is 0.692. The average Bonchev–Trinajstić information content (AvgIpc) is 2.49. The minimum atomic E-state index is 0.444. The number of halogens is 2. The highest BCUT2D eigenvalue weighted by Crippen LogP contribution is 2.30. The molecule has 1 aliphatic rings. The van der Waals surface area contributed by atoms with Crippen LogP contribution >= 0.6 is 35.0 Å². The number of thioether (sulfide) groups is 1. The normalized spacial score (nSPS) is 17.9. The van der Waals surface area contributed by atoms with Crippen molar-refractivity contribution in [3.05, 3.63) is 33.8 Å². The van der Waals surface area contributed by atoms with E-state index in [9.17, 15) is 0 Å². The molecule has 0 heterocycles.